The third kappa shape index (κ3) is 4.14. The highest BCUT2D eigenvalue weighted by Gasteiger charge is 2.17. The quantitative estimate of drug-likeness (QED) is 0.635. The molecule has 0 aromatic heterocycles. The van der Waals surface area contributed by atoms with Gasteiger partial charge in [-0.2, -0.15) is 5.10 Å². The minimum atomic E-state index is -0.367. The molecule has 0 radical (unpaired) electrons. The summed E-state index contributed by atoms with van der Waals surface area (Å²) in [5.41, 5.74) is 6.93. The van der Waals surface area contributed by atoms with Crippen LogP contribution in [0, 0.1) is 13.8 Å². The number of benzene rings is 2. The van der Waals surface area contributed by atoms with Crippen LogP contribution in [0.5, 0.6) is 17.2 Å². The summed E-state index contributed by atoms with van der Waals surface area (Å²) in [5.74, 6) is 0.883. The second-order valence-corrected chi connectivity index (χ2v) is 5.87. The topological polar surface area (TPSA) is 69.2 Å². The van der Waals surface area contributed by atoms with E-state index in [0.29, 0.717) is 22.8 Å². The van der Waals surface area contributed by atoms with Gasteiger partial charge in [-0.3, -0.25) is 4.79 Å². The molecule has 6 nitrogen and oxygen atoms in total. The highest BCUT2D eigenvalue weighted by molar-refractivity contribution is 6.02. The van der Waals surface area contributed by atoms with E-state index in [1.807, 2.05) is 32.9 Å². The van der Waals surface area contributed by atoms with E-state index in [1.54, 1.807) is 12.1 Å². The van der Waals surface area contributed by atoms with Gasteiger partial charge in [0.05, 0.1) is 27.0 Å². The van der Waals surface area contributed by atoms with Gasteiger partial charge in [-0.25, -0.2) is 5.43 Å². The highest BCUT2D eigenvalue weighted by Crippen LogP contribution is 2.38. The van der Waals surface area contributed by atoms with Crippen molar-refractivity contribution >= 4 is 11.6 Å². The van der Waals surface area contributed by atoms with E-state index >= 15 is 0 Å². The van der Waals surface area contributed by atoms with Crippen LogP contribution >= 0.6 is 0 Å². The Hall–Kier alpha value is -3.02. The first-order chi connectivity index (χ1) is 12.4. The van der Waals surface area contributed by atoms with Crippen molar-refractivity contribution in [1.29, 1.82) is 0 Å². The Morgan fingerprint density at radius 1 is 0.962 bits per heavy atom. The Balaban J connectivity index is 2.27. The van der Waals surface area contributed by atoms with Crippen LogP contribution in [0.2, 0.25) is 0 Å². The van der Waals surface area contributed by atoms with Crippen LogP contribution in [0.15, 0.2) is 35.4 Å². The number of nitrogens with zero attached hydrogens (tertiary/aromatic N) is 1. The van der Waals surface area contributed by atoms with E-state index < -0.39 is 0 Å². The number of hydrogen-bond acceptors (Lipinski definition) is 5. The highest BCUT2D eigenvalue weighted by atomic mass is 16.5. The van der Waals surface area contributed by atoms with Crippen LogP contribution in [0.1, 0.15) is 34.0 Å². The summed E-state index contributed by atoms with van der Waals surface area (Å²) in [6.45, 7) is 5.91. The van der Waals surface area contributed by atoms with Gasteiger partial charge in [-0.15, -0.1) is 0 Å². The second-order valence-electron chi connectivity index (χ2n) is 5.87. The standard InChI is InChI=1S/C20H24N2O4/c1-12-7-8-16(13(2)9-12)14(3)21-22-20(23)15-10-17(24-4)19(26-6)18(11-15)25-5/h7-11H,1-6H3,(H,22,23)/b21-14+. The third-order valence-corrected chi connectivity index (χ3v) is 4.02. The molecule has 0 fully saturated rings. The first-order valence-electron chi connectivity index (χ1n) is 8.13. The summed E-state index contributed by atoms with van der Waals surface area (Å²) in [4.78, 5) is 12.5. The molecular weight excluding hydrogens is 332 g/mol. The van der Waals surface area contributed by atoms with Gasteiger partial charge in [0.15, 0.2) is 11.5 Å². The molecule has 0 aliphatic heterocycles. The molecule has 0 saturated heterocycles. The lowest BCUT2D eigenvalue weighted by Crippen LogP contribution is -2.20. The Morgan fingerprint density at radius 3 is 2.08 bits per heavy atom. The summed E-state index contributed by atoms with van der Waals surface area (Å²) in [6.07, 6.45) is 0. The molecule has 1 N–H and O–H groups in total. The molecular formula is C20H24N2O4. The molecule has 1 amide bonds. The Kier molecular flexibility index (Phi) is 6.22. The SMILES string of the molecule is COc1cc(C(=O)N/N=C(\C)c2ccc(C)cc2C)cc(OC)c1OC. The predicted octanol–water partition coefficient (Wildman–Crippen LogP) is 3.48. The first-order valence-corrected chi connectivity index (χ1v) is 8.13. The molecule has 0 spiro atoms. The van der Waals surface area contributed by atoms with Crippen LogP contribution in [-0.2, 0) is 0 Å². The van der Waals surface area contributed by atoms with E-state index in [2.05, 4.69) is 16.6 Å². The van der Waals surface area contributed by atoms with Gasteiger partial charge in [0.2, 0.25) is 5.75 Å². The fourth-order valence-electron chi connectivity index (χ4n) is 2.69. The van der Waals surface area contributed by atoms with Crippen LogP contribution in [-0.4, -0.2) is 32.9 Å². The number of hydrazone groups is 1. The zero-order chi connectivity index (χ0) is 19.3. The number of amides is 1. The van der Waals surface area contributed by atoms with Crippen molar-refractivity contribution in [3.63, 3.8) is 0 Å². The summed E-state index contributed by atoms with van der Waals surface area (Å²) in [6, 6.07) is 9.25. The first kappa shape index (κ1) is 19.3. The maximum Gasteiger partial charge on any atom is 0.271 e. The molecule has 0 heterocycles. The van der Waals surface area contributed by atoms with Crippen molar-refractivity contribution in [1.82, 2.24) is 5.43 Å². The lowest BCUT2D eigenvalue weighted by molar-refractivity contribution is 0.0954. The second kappa shape index (κ2) is 8.38. The third-order valence-electron chi connectivity index (χ3n) is 4.02. The molecule has 0 saturated carbocycles. The maximum atomic E-state index is 12.5. The average molecular weight is 356 g/mol. The van der Waals surface area contributed by atoms with E-state index in [0.717, 1.165) is 16.8 Å². The minimum Gasteiger partial charge on any atom is -0.493 e. The van der Waals surface area contributed by atoms with Crippen molar-refractivity contribution in [2.75, 3.05) is 21.3 Å². The van der Waals surface area contributed by atoms with Crippen LogP contribution in [0.4, 0.5) is 0 Å². The van der Waals surface area contributed by atoms with Crippen LogP contribution in [0.3, 0.4) is 0 Å². The van der Waals surface area contributed by atoms with E-state index in [1.165, 1.54) is 26.9 Å². The number of carbonyl (C=O) groups is 1. The molecule has 0 bridgehead atoms. The fraction of sp³-hybridized carbons (Fsp3) is 0.300. The van der Waals surface area contributed by atoms with Gasteiger partial charge in [-0.1, -0.05) is 23.8 Å². The normalized spacial score (nSPS) is 11.1. The van der Waals surface area contributed by atoms with Gasteiger partial charge in [0, 0.05) is 11.1 Å². The van der Waals surface area contributed by atoms with E-state index in [-0.39, 0.29) is 5.91 Å². The zero-order valence-corrected chi connectivity index (χ0v) is 16.0. The summed E-state index contributed by atoms with van der Waals surface area (Å²) in [7, 11) is 4.51. The lowest BCUT2D eigenvalue weighted by Gasteiger charge is -2.13. The molecule has 0 atom stereocenters. The van der Waals surface area contributed by atoms with Gasteiger partial charge in [-0.05, 0) is 38.5 Å². The molecule has 0 aliphatic carbocycles. The van der Waals surface area contributed by atoms with Gasteiger partial charge >= 0.3 is 0 Å². The number of hydrogen-bond donors (Lipinski definition) is 1. The Bertz CT molecular complexity index is 819. The van der Waals surface area contributed by atoms with Crippen LogP contribution < -0.4 is 19.6 Å². The van der Waals surface area contributed by atoms with Crippen LogP contribution in [0.25, 0.3) is 0 Å². The summed E-state index contributed by atoms with van der Waals surface area (Å²) in [5, 5.41) is 4.22. The number of methoxy groups -OCH3 is 3. The smallest absolute Gasteiger partial charge is 0.271 e. The molecule has 26 heavy (non-hydrogen) atoms. The molecule has 2 aromatic carbocycles. The number of ether oxygens (including phenoxy) is 3. The van der Waals surface area contributed by atoms with Crippen molar-refractivity contribution in [3.05, 3.63) is 52.6 Å². The van der Waals surface area contributed by atoms with Crippen molar-refractivity contribution < 1.29 is 19.0 Å². The average Bonchev–Trinajstić information content (AvgIpc) is 2.64. The molecule has 0 aliphatic rings. The molecule has 0 unspecified atom stereocenters. The monoisotopic (exact) mass is 356 g/mol. The summed E-state index contributed by atoms with van der Waals surface area (Å²) >= 11 is 0. The lowest BCUT2D eigenvalue weighted by atomic mass is 10.0. The Morgan fingerprint density at radius 2 is 1.58 bits per heavy atom. The zero-order valence-electron chi connectivity index (χ0n) is 16.0. The van der Waals surface area contributed by atoms with E-state index in [9.17, 15) is 4.79 Å². The number of aryl methyl sites for hydroxylation is 2. The molecule has 2 aromatic rings. The number of carbonyl (C=O) groups excluding carboxylic acids is 1. The predicted molar refractivity (Wildman–Crippen MR) is 102 cm³/mol. The van der Waals surface area contributed by atoms with Gasteiger partial charge in [0.25, 0.3) is 5.91 Å². The number of nitrogens with one attached hydrogen (secondary N) is 1. The molecule has 2 rings (SSSR count). The maximum absolute atomic E-state index is 12.5. The van der Waals surface area contributed by atoms with E-state index in [4.69, 9.17) is 14.2 Å². The van der Waals surface area contributed by atoms with Gasteiger partial charge < -0.3 is 14.2 Å². The minimum absolute atomic E-state index is 0.358. The van der Waals surface area contributed by atoms with Crippen molar-refractivity contribution in [2.45, 2.75) is 20.8 Å². The van der Waals surface area contributed by atoms with Gasteiger partial charge in [0.1, 0.15) is 0 Å². The fourth-order valence-corrected chi connectivity index (χ4v) is 2.69. The summed E-state index contributed by atoms with van der Waals surface area (Å²) < 4.78 is 15.8. The molecule has 6 heteroatoms. The van der Waals surface area contributed by atoms with Crippen molar-refractivity contribution in [2.24, 2.45) is 5.10 Å². The molecule has 138 valence electrons. The number of rotatable bonds is 6. The Labute approximate surface area is 153 Å². The van der Waals surface area contributed by atoms with Crippen molar-refractivity contribution in [3.8, 4) is 17.2 Å². The largest absolute Gasteiger partial charge is 0.493 e.